The molecule has 0 amide bonds. The minimum absolute atomic E-state index is 4.19. The third-order valence-electron chi connectivity index (χ3n) is 1.56. The Labute approximate surface area is 99.3 Å². The van der Waals surface area contributed by atoms with Crippen molar-refractivity contribution in [3.05, 3.63) is 0 Å². The molecule has 0 aromatic rings. The third kappa shape index (κ3) is 4.94. The lowest BCUT2D eigenvalue weighted by molar-refractivity contribution is -0.344. The second-order valence-corrected chi connectivity index (χ2v) is 10.3. The van der Waals surface area contributed by atoms with Crippen molar-refractivity contribution in [3.8, 4) is 0 Å². The summed E-state index contributed by atoms with van der Waals surface area (Å²) in [7, 11) is -26.7. The molecule has 0 fully saturated rings. The van der Waals surface area contributed by atoms with Crippen molar-refractivity contribution in [1.82, 2.24) is 0 Å². The summed E-state index contributed by atoms with van der Waals surface area (Å²) in [4.78, 5) is 83.3. The number of hydrogen-bond acceptors (Lipinski definition) is 12. The van der Waals surface area contributed by atoms with Crippen LogP contribution in [0, 0.1) is 0 Å². The van der Waals surface area contributed by atoms with Crippen LogP contribution in [0.3, 0.4) is 0 Å². The third-order valence-corrected chi connectivity index (χ3v) is 9.68. The molecule has 0 aromatic heterocycles. The lowest BCUT2D eigenvalue weighted by Gasteiger charge is -2.61. The fraction of sp³-hybridized carbons (Fsp3) is 1.00. The fourth-order valence-electron chi connectivity index (χ4n) is 1.000. The molecule has 0 saturated heterocycles. The molecule has 0 aliphatic rings. The van der Waals surface area contributed by atoms with E-state index in [0.717, 1.165) is 0 Å². The van der Waals surface area contributed by atoms with Crippen LogP contribution >= 0.6 is 30.4 Å². The molecule has 16 heteroatoms. The summed E-state index contributed by atoms with van der Waals surface area (Å²) >= 11 is 0. The van der Waals surface area contributed by atoms with Crippen LogP contribution in [0.15, 0.2) is 0 Å². The van der Waals surface area contributed by atoms with Gasteiger partial charge in [0.05, 0.1) is 0 Å². The molecule has 0 heterocycles. The summed E-state index contributed by atoms with van der Waals surface area (Å²) in [5.74, 6) is 0. The van der Waals surface area contributed by atoms with Gasteiger partial charge in [-0.05, 0) is 0 Å². The molecule has 18 heavy (non-hydrogen) atoms. The summed E-state index contributed by atoms with van der Waals surface area (Å²) in [6, 6.07) is 0. The Morgan fingerprint density at radius 3 is 0.611 bits per heavy atom. The molecular formula is C2H2O12P4-8. The van der Waals surface area contributed by atoms with Crippen molar-refractivity contribution in [2.75, 3.05) is 0 Å². The van der Waals surface area contributed by atoms with Gasteiger partial charge in [-0.25, -0.2) is 0 Å². The number of hydrogen-bond donors (Lipinski definition) is 0. The average Bonchev–Trinajstić information content (AvgIpc) is 1.89. The van der Waals surface area contributed by atoms with E-state index in [1.54, 1.807) is 0 Å². The highest BCUT2D eigenvalue weighted by Gasteiger charge is 2.33. The predicted molar refractivity (Wildman–Crippen MR) is 38.0 cm³/mol. The van der Waals surface area contributed by atoms with Crippen LogP contribution < -0.4 is 39.1 Å². The maximum Gasteiger partial charge on any atom is 0.0264 e. The van der Waals surface area contributed by atoms with Crippen molar-refractivity contribution < 1.29 is 57.4 Å². The Kier molecular flexibility index (Phi) is 5.35. The van der Waals surface area contributed by atoms with E-state index in [0.29, 0.717) is 0 Å². The van der Waals surface area contributed by atoms with Gasteiger partial charge in [-0.2, -0.15) is 0 Å². The molecule has 0 atom stereocenters. The van der Waals surface area contributed by atoms with Crippen LogP contribution in [0.4, 0.5) is 0 Å². The zero-order valence-electron chi connectivity index (χ0n) is 7.84. The van der Waals surface area contributed by atoms with Crippen molar-refractivity contribution in [2.24, 2.45) is 0 Å². The highest BCUT2D eigenvalue weighted by atomic mass is 31.3. The van der Waals surface area contributed by atoms with E-state index < -0.39 is 41.2 Å². The molecule has 0 aromatic carbocycles. The van der Waals surface area contributed by atoms with E-state index >= 15 is 0 Å². The van der Waals surface area contributed by atoms with E-state index in [4.69, 9.17) is 0 Å². The molecule has 0 unspecified atom stereocenters. The predicted octanol–water partition coefficient (Wildman–Crippen LogP) is -6.71. The van der Waals surface area contributed by atoms with Gasteiger partial charge in [-0.1, -0.05) is 30.4 Å². The summed E-state index contributed by atoms with van der Waals surface area (Å²) in [5, 5.41) is -8.38. The molecule has 0 bridgehead atoms. The zero-order valence-corrected chi connectivity index (χ0v) is 11.4. The van der Waals surface area contributed by atoms with E-state index in [9.17, 15) is 57.4 Å². The largest absolute Gasteiger partial charge is 0.810 e. The van der Waals surface area contributed by atoms with Gasteiger partial charge in [-0.3, -0.25) is 0 Å². The molecule has 0 radical (unpaired) electrons. The minimum atomic E-state index is -6.68. The van der Waals surface area contributed by atoms with Crippen LogP contribution in [0.25, 0.3) is 0 Å². The van der Waals surface area contributed by atoms with E-state index in [2.05, 4.69) is 0 Å². The molecule has 0 spiro atoms. The first-order valence-electron chi connectivity index (χ1n) is 3.56. The second kappa shape index (κ2) is 5.18. The topological polar surface area (TPSA) is 253 Å². The van der Waals surface area contributed by atoms with Crippen LogP contribution in [0.5, 0.6) is 0 Å². The Hall–Kier alpha value is 0.600. The highest BCUT2D eigenvalue weighted by Crippen LogP contribution is 2.65. The van der Waals surface area contributed by atoms with Gasteiger partial charge in [0.1, 0.15) is 0 Å². The molecule has 0 N–H and O–H groups in total. The van der Waals surface area contributed by atoms with Gasteiger partial charge in [0.15, 0.2) is 0 Å². The minimum Gasteiger partial charge on any atom is -0.810 e. The van der Waals surface area contributed by atoms with Crippen molar-refractivity contribution >= 4 is 30.4 Å². The summed E-state index contributed by atoms with van der Waals surface area (Å²) in [6.45, 7) is 0. The fourth-order valence-corrected chi connectivity index (χ4v) is 9.00. The van der Waals surface area contributed by atoms with Crippen LogP contribution in [-0.4, -0.2) is 10.8 Å². The smallest absolute Gasteiger partial charge is 0.0264 e. The molecular weight excluding hydrogens is 340 g/mol. The first-order chi connectivity index (χ1) is 7.49. The Balaban J connectivity index is 6.19. The first kappa shape index (κ1) is 18.6. The van der Waals surface area contributed by atoms with Gasteiger partial charge in [-0.15, -0.1) is 0 Å². The van der Waals surface area contributed by atoms with E-state index in [1.807, 2.05) is 0 Å². The quantitative estimate of drug-likeness (QED) is 0.422. The molecule has 0 rings (SSSR count). The maximum atomic E-state index is 10.4. The Morgan fingerprint density at radius 2 is 0.556 bits per heavy atom. The van der Waals surface area contributed by atoms with Gasteiger partial charge >= 0.3 is 0 Å². The Bertz CT molecular complexity index is 392. The summed E-state index contributed by atoms with van der Waals surface area (Å²) in [6.07, 6.45) is 0. The van der Waals surface area contributed by atoms with Crippen LogP contribution in [-0.2, 0) is 18.3 Å². The summed E-state index contributed by atoms with van der Waals surface area (Å²) < 4.78 is 41.7. The lowest BCUT2D eigenvalue weighted by atomic mass is 10.9. The van der Waals surface area contributed by atoms with Crippen molar-refractivity contribution in [1.29, 1.82) is 0 Å². The normalized spacial score (nSPS) is 15.4. The standard InChI is InChI=1S/C2H10O12P4/c3-15(4,5)1(16(6,7)8)2(17(9,10)11)18(12,13)14/h1-2H,(H2,3,4,5)(H2,6,7,8)(H2,9,10,11)(H2,12,13,14)/p-8. The zero-order chi connectivity index (χ0) is 15.2. The highest BCUT2D eigenvalue weighted by molar-refractivity contribution is 7.75. The molecule has 0 aliphatic heterocycles. The van der Waals surface area contributed by atoms with Crippen LogP contribution in [0.2, 0.25) is 0 Å². The van der Waals surface area contributed by atoms with Gasteiger partial charge in [0, 0.05) is 10.8 Å². The van der Waals surface area contributed by atoms with Crippen molar-refractivity contribution in [2.45, 2.75) is 10.8 Å². The molecule has 12 nitrogen and oxygen atoms in total. The lowest BCUT2D eigenvalue weighted by Crippen LogP contribution is -2.48. The van der Waals surface area contributed by atoms with E-state index in [-0.39, 0.29) is 0 Å². The van der Waals surface area contributed by atoms with Gasteiger partial charge in [0.2, 0.25) is 0 Å². The average molecular weight is 342 g/mol. The van der Waals surface area contributed by atoms with Crippen LogP contribution in [0.1, 0.15) is 0 Å². The molecule has 0 saturated carbocycles. The van der Waals surface area contributed by atoms with Gasteiger partial charge < -0.3 is 57.4 Å². The van der Waals surface area contributed by atoms with Gasteiger partial charge in [0.25, 0.3) is 0 Å². The first-order valence-corrected chi connectivity index (χ1v) is 10.0. The second-order valence-electron chi connectivity index (χ2n) is 2.99. The maximum absolute atomic E-state index is 10.4. The van der Waals surface area contributed by atoms with Crippen molar-refractivity contribution in [3.63, 3.8) is 0 Å². The summed E-state index contributed by atoms with van der Waals surface area (Å²) in [5.41, 5.74) is 0. The number of rotatable bonds is 5. The SMILES string of the molecule is O=P([O-])([O-])C(C(P(=O)([O-])[O-])P(=O)([O-])[O-])P(=O)([O-])[O-]. The monoisotopic (exact) mass is 342 g/mol. The Morgan fingerprint density at radius 1 is 0.444 bits per heavy atom. The van der Waals surface area contributed by atoms with E-state index in [1.165, 1.54) is 0 Å². The molecule has 110 valence electrons. The molecule has 0 aliphatic carbocycles.